The van der Waals surface area contributed by atoms with Crippen LogP contribution in [-0.2, 0) is 4.74 Å². The van der Waals surface area contributed by atoms with Gasteiger partial charge in [-0.05, 0) is 33.6 Å². The molecule has 0 radical (unpaired) electrons. The van der Waals surface area contributed by atoms with E-state index in [4.69, 9.17) is 16.3 Å². The van der Waals surface area contributed by atoms with Crippen LogP contribution in [0, 0.1) is 0 Å². The van der Waals surface area contributed by atoms with E-state index in [2.05, 4.69) is 26.1 Å². The first-order valence-corrected chi connectivity index (χ1v) is 5.42. The summed E-state index contributed by atoms with van der Waals surface area (Å²) in [4.78, 5) is 0. The lowest BCUT2D eigenvalue weighted by Gasteiger charge is -2.32. The highest BCUT2D eigenvalue weighted by molar-refractivity contribution is 6.21. The molecule has 1 rings (SSSR count). The van der Waals surface area contributed by atoms with E-state index in [1.165, 1.54) is 0 Å². The molecule has 0 aromatic carbocycles. The fourth-order valence-electron chi connectivity index (χ4n) is 1.34. The lowest BCUT2D eigenvalue weighted by atomic mass is 9.92. The molecule has 0 atom stereocenters. The SMILES string of the molecule is CC(C)(C)OCCNC1CC(Cl)C1. The van der Waals surface area contributed by atoms with E-state index in [0.717, 1.165) is 26.0 Å². The second kappa shape index (κ2) is 4.63. The fourth-order valence-corrected chi connectivity index (χ4v) is 1.77. The van der Waals surface area contributed by atoms with Crippen molar-refractivity contribution in [2.75, 3.05) is 13.2 Å². The third kappa shape index (κ3) is 4.84. The van der Waals surface area contributed by atoms with Gasteiger partial charge in [-0.3, -0.25) is 0 Å². The number of ether oxygens (including phenoxy) is 1. The molecule has 0 aromatic heterocycles. The maximum Gasteiger partial charge on any atom is 0.0599 e. The van der Waals surface area contributed by atoms with Gasteiger partial charge in [0.1, 0.15) is 0 Å². The van der Waals surface area contributed by atoms with Crippen LogP contribution in [0.25, 0.3) is 0 Å². The summed E-state index contributed by atoms with van der Waals surface area (Å²) < 4.78 is 5.58. The number of halogens is 1. The molecular weight excluding hydrogens is 186 g/mol. The van der Waals surface area contributed by atoms with Gasteiger partial charge in [0.15, 0.2) is 0 Å². The van der Waals surface area contributed by atoms with E-state index in [9.17, 15) is 0 Å². The number of alkyl halides is 1. The van der Waals surface area contributed by atoms with Crippen molar-refractivity contribution in [3.8, 4) is 0 Å². The first kappa shape index (κ1) is 11.3. The third-order valence-corrected chi connectivity index (χ3v) is 2.51. The maximum atomic E-state index is 5.86. The number of hydrogen-bond donors (Lipinski definition) is 1. The van der Waals surface area contributed by atoms with Crippen LogP contribution >= 0.6 is 11.6 Å². The van der Waals surface area contributed by atoms with Crippen LogP contribution < -0.4 is 5.32 Å². The van der Waals surface area contributed by atoms with Crippen LogP contribution in [0.2, 0.25) is 0 Å². The number of nitrogens with one attached hydrogen (secondary N) is 1. The molecule has 2 nitrogen and oxygen atoms in total. The Hall–Kier alpha value is 0.210. The zero-order valence-electron chi connectivity index (χ0n) is 8.77. The lowest BCUT2D eigenvalue weighted by molar-refractivity contribution is -0.00237. The molecular formula is C10H20ClNO. The highest BCUT2D eigenvalue weighted by Crippen LogP contribution is 2.24. The van der Waals surface area contributed by atoms with E-state index in [1.807, 2.05) is 0 Å². The van der Waals surface area contributed by atoms with Gasteiger partial charge in [0.2, 0.25) is 0 Å². The second-order valence-electron chi connectivity index (χ2n) is 4.68. The summed E-state index contributed by atoms with van der Waals surface area (Å²) in [7, 11) is 0. The van der Waals surface area contributed by atoms with Crippen molar-refractivity contribution in [2.45, 2.75) is 50.6 Å². The van der Waals surface area contributed by atoms with E-state index in [1.54, 1.807) is 0 Å². The monoisotopic (exact) mass is 205 g/mol. The molecule has 13 heavy (non-hydrogen) atoms. The zero-order valence-corrected chi connectivity index (χ0v) is 9.53. The Labute approximate surface area is 86.0 Å². The average Bonchev–Trinajstić information content (AvgIpc) is 1.91. The Bertz CT molecular complexity index is 149. The molecule has 0 spiro atoms. The molecule has 0 aromatic rings. The molecule has 0 aliphatic heterocycles. The van der Waals surface area contributed by atoms with Crippen molar-refractivity contribution in [1.29, 1.82) is 0 Å². The standard InChI is InChI=1S/C10H20ClNO/c1-10(2,3)13-5-4-12-9-6-8(11)7-9/h8-9,12H,4-7H2,1-3H3. The first-order valence-electron chi connectivity index (χ1n) is 4.99. The molecule has 1 saturated carbocycles. The predicted molar refractivity (Wildman–Crippen MR) is 56.4 cm³/mol. The van der Waals surface area contributed by atoms with Crippen LogP contribution in [0.4, 0.5) is 0 Å². The molecule has 1 aliphatic carbocycles. The predicted octanol–water partition coefficient (Wildman–Crippen LogP) is 2.16. The molecule has 1 N–H and O–H groups in total. The van der Waals surface area contributed by atoms with Gasteiger partial charge in [-0.25, -0.2) is 0 Å². The summed E-state index contributed by atoms with van der Waals surface area (Å²) in [6.07, 6.45) is 2.22. The largest absolute Gasteiger partial charge is 0.375 e. The first-order chi connectivity index (χ1) is 5.97. The van der Waals surface area contributed by atoms with Crippen molar-refractivity contribution in [3.63, 3.8) is 0 Å². The third-order valence-electron chi connectivity index (χ3n) is 2.15. The highest BCUT2D eigenvalue weighted by atomic mass is 35.5. The van der Waals surface area contributed by atoms with Crippen LogP contribution in [0.3, 0.4) is 0 Å². The maximum absolute atomic E-state index is 5.86. The Morgan fingerprint density at radius 1 is 1.38 bits per heavy atom. The number of rotatable bonds is 4. The van der Waals surface area contributed by atoms with Crippen molar-refractivity contribution >= 4 is 11.6 Å². The van der Waals surface area contributed by atoms with Gasteiger partial charge in [0.25, 0.3) is 0 Å². The van der Waals surface area contributed by atoms with E-state index in [0.29, 0.717) is 11.4 Å². The molecule has 0 unspecified atom stereocenters. The highest BCUT2D eigenvalue weighted by Gasteiger charge is 2.26. The summed E-state index contributed by atoms with van der Waals surface area (Å²) in [5.41, 5.74) is -0.0175. The fraction of sp³-hybridized carbons (Fsp3) is 1.00. The van der Waals surface area contributed by atoms with E-state index in [-0.39, 0.29) is 5.60 Å². The van der Waals surface area contributed by atoms with Gasteiger partial charge in [0.05, 0.1) is 12.2 Å². The zero-order chi connectivity index (χ0) is 9.90. The van der Waals surface area contributed by atoms with E-state index < -0.39 is 0 Å². The summed E-state index contributed by atoms with van der Waals surface area (Å²) in [6, 6.07) is 0.631. The summed E-state index contributed by atoms with van der Waals surface area (Å²) in [6.45, 7) is 7.94. The molecule has 1 aliphatic rings. The minimum Gasteiger partial charge on any atom is -0.375 e. The van der Waals surface area contributed by atoms with Crippen molar-refractivity contribution in [3.05, 3.63) is 0 Å². The quantitative estimate of drug-likeness (QED) is 0.561. The molecule has 0 amide bonds. The summed E-state index contributed by atoms with van der Waals surface area (Å²) in [5.74, 6) is 0. The van der Waals surface area contributed by atoms with Crippen molar-refractivity contribution < 1.29 is 4.74 Å². The van der Waals surface area contributed by atoms with Crippen LogP contribution in [0.1, 0.15) is 33.6 Å². The van der Waals surface area contributed by atoms with Crippen molar-refractivity contribution in [2.24, 2.45) is 0 Å². The second-order valence-corrected chi connectivity index (χ2v) is 5.30. The molecule has 3 heteroatoms. The Morgan fingerprint density at radius 2 is 2.00 bits per heavy atom. The Morgan fingerprint density at radius 3 is 2.46 bits per heavy atom. The Kier molecular flexibility index (Phi) is 4.02. The normalized spacial score (nSPS) is 28.6. The molecule has 1 fully saturated rings. The number of hydrogen-bond acceptors (Lipinski definition) is 2. The van der Waals surface area contributed by atoms with Crippen molar-refractivity contribution in [1.82, 2.24) is 5.32 Å². The van der Waals surface area contributed by atoms with Crippen LogP contribution in [-0.4, -0.2) is 30.2 Å². The van der Waals surface area contributed by atoms with Gasteiger partial charge in [-0.2, -0.15) is 0 Å². The molecule has 0 heterocycles. The lowest BCUT2D eigenvalue weighted by Crippen LogP contribution is -2.43. The molecule has 78 valence electrons. The topological polar surface area (TPSA) is 21.3 Å². The van der Waals surface area contributed by atoms with Gasteiger partial charge in [0, 0.05) is 18.0 Å². The van der Waals surface area contributed by atoms with Gasteiger partial charge >= 0.3 is 0 Å². The van der Waals surface area contributed by atoms with Crippen LogP contribution in [0.15, 0.2) is 0 Å². The minimum absolute atomic E-state index is 0.0175. The van der Waals surface area contributed by atoms with Crippen LogP contribution in [0.5, 0.6) is 0 Å². The summed E-state index contributed by atoms with van der Waals surface area (Å²) >= 11 is 5.86. The van der Waals surface area contributed by atoms with Gasteiger partial charge < -0.3 is 10.1 Å². The molecule has 0 bridgehead atoms. The molecule has 0 saturated heterocycles. The van der Waals surface area contributed by atoms with E-state index >= 15 is 0 Å². The average molecular weight is 206 g/mol. The summed E-state index contributed by atoms with van der Waals surface area (Å²) in [5, 5.41) is 3.82. The Balaban J connectivity index is 1.90. The van der Waals surface area contributed by atoms with Gasteiger partial charge in [-0.1, -0.05) is 0 Å². The van der Waals surface area contributed by atoms with Gasteiger partial charge in [-0.15, -0.1) is 11.6 Å². The minimum atomic E-state index is -0.0175. The smallest absolute Gasteiger partial charge is 0.0599 e.